The van der Waals surface area contributed by atoms with Crippen LogP contribution in [0.3, 0.4) is 0 Å². The van der Waals surface area contributed by atoms with Gasteiger partial charge in [-0.05, 0) is 25.0 Å². The molecule has 3 amide bonds. The Kier molecular flexibility index (Phi) is 3.59. The van der Waals surface area contributed by atoms with Crippen molar-refractivity contribution >= 4 is 11.9 Å². The minimum absolute atomic E-state index is 0.139. The van der Waals surface area contributed by atoms with Gasteiger partial charge in [-0.25, -0.2) is 4.79 Å². The Morgan fingerprint density at radius 2 is 2.12 bits per heavy atom. The lowest BCUT2D eigenvalue weighted by Crippen LogP contribution is -2.51. The Morgan fingerprint density at radius 1 is 1.29 bits per heavy atom. The summed E-state index contributed by atoms with van der Waals surface area (Å²) >= 11 is 0. The number of nitrogens with one attached hydrogen (secondary N) is 1. The minimum Gasteiger partial charge on any atom is -0.318 e. The van der Waals surface area contributed by atoms with E-state index in [4.69, 9.17) is 0 Å². The van der Waals surface area contributed by atoms with Gasteiger partial charge in [-0.1, -0.05) is 0 Å². The highest BCUT2D eigenvalue weighted by Crippen LogP contribution is 2.40. The number of carbonyl (C=O) groups excluding carboxylic acids is 2. The summed E-state index contributed by atoms with van der Waals surface area (Å²) < 4.78 is 1.87. The van der Waals surface area contributed by atoms with Crippen molar-refractivity contribution in [1.29, 1.82) is 0 Å². The lowest BCUT2D eigenvalue weighted by atomic mass is 10.2. The van der Waals surface area contributed by atoms with E-state index in [1.165, 1.54) is 23.4 Å². The SMILES string of the molecule is Cn1nc(CN2C(=O)CCN(Cc3ccn[nH]3)C2=O)cc1C1CC1. The van der Waals surface area contributed by atoms with Crippen LogP contribution in [0.1, 0.15) is 42.3 Å². The smallest absolute Gasteiger partial charge is 0.318 e. The molecule has 8 nitrogen and oxygen atoms in total. The Labute approximate surface area is 139 Å². The Morgan fingerprint density at radius 3 is 2.83 bits per heavy atom. The Balaban J connectivity index is 1.49. The van der Waals surface area contributed by atoms with Crippen LogP contribution in [0.4, 0.5) is 4.79 Å². The molecule has 0 unspecified atom stereocenters. The lowest BCUT2D eigenvalue weighted by Gasteiger charge is -2.33. The molecule has 4 rings (SSSR count). The van der Waals surface area contributed by atoms with Crippen LogP contribution >= 0.6 is 0 Å². The van der Waals surface area contributed by atoms with Gasteiger partial charge in [0.25, 0.3) is 0 Å². The first-order valence-electron chi connectivity index (χ1n) is 8.22. The first-order valence-corrected chi connectivity index (χ1v) is 8.22. The summed E-state index contributed by atoms with van der Waals surface area (Å²) in [6.07, 6.45) is 4.37. The van der Waals surface area contributed by atoms with Crippen molar-refractivity contribution in [2.45, 2.75) is 38.3 Å². The zero-order chi connectivity index (χ0) is 16.7. The van der Waals surface area contributed by atoms with Gasteiger partial charge in [0.2, 0.25) is 5.91 Å². The van der Waals surface area contributed by atoms with E-state index < -0.39 is 0 Å². The maximum atomic E-state index is 12.7. The van der Waals surface area contributed by atoms with Crippen molar-refractivity contribution in [3.8, 4) is 0 Å². The standard InChI is InChI=1S/C16H20N6O2/c1-20-14(11-2-3-11)8-13(19-20)10-22-15(23)5-7-21(16(22)24)9-12-4-6-17-18-12/h4,6,8,11H,2-3,5,7,9-10H2,1H3,(H,17,18). The molecule has 1 aliphatic carbocycles. The topological polar surface area (TPSA) is 87.1 Å². The first-order chi connectivity index (χ1) is 11.6. The number of aryl methyl sites for hydroxylation is 1. The van der Waals surface area contributed by atoms with Crippen LogP contribution in [-0.2, 0) is 24.9 Å². The number of amides is 3. The molecule has 2 fully saturated rings. The van der Waals surface area contributed by atoms with Crippen LogP contribution in [0.2, 0.25) is 0 Å². The second-order valence-corrected chi connectivity index (χ2v) is 6.47. The van der Waals surface area contributed by atoms with Gasteiger partial charge in [-0.15, -0.1) is 0 Å². The van der Waals surface area contributed by atoms with E-state index in [-0.39, 0.29) is 18.5 Å². The third kappa shape index (κ3) is 2.79. The molecule has 1 N–H and O–H groups in total. The third-order valence-corrected chi connectivity index (χ3v) is 4.60. The van der Waals surface area contributed by atoms with Gasteiger partial charge >= 0.3 is 6.03 Å². The van der Waals surface area contributed by atoms with Crippen LogP contribution in [0, 0.1) is 0 Å². The van der Waals surface area contributed by atoms with Crippen LogP contribution in [0.15, 0.2) is 18.3 Å². The molecule has 0 atom stereocenters. The molecule has 126 valence electrons. The van der Waals surface area contributed by atoms with Crippen molar-refractivity contribution in [2.24, 2.45) is 7.05 Å². The number of H-pyrrole nitrogens is 1. The molecule has 3 heterocycles. The highest BCUT2D eigenvalue weighted by molar-refractivity contribution is 5.96. The lowest BCUT2D eigenvalue weighted by molar-refractivity contribution is -0.131. The molecule has 0 spiro atoms. The molecule has 2 aromatic rings. The molecule has 2 aliphatic rings. The van der Waals surface area contributed by atoms with Gasteiger partial charge in [0.1, 0.15) is 0 Å². The van der Waals surface area contributed by atoms with Crippen LogP contribution < -0.4 is 0 Å². The molecule has 8 heteroatoms. The van der Waals surface area contributed by atoms with Crippen LogP contribution in [-0.4, -0.2) is 48.3 Å². The zero-order valence-corrected chi connectivity index (χ0v) is 13.6. The van der Waals surface area contributed by atoms with E-state index >= 15 is 0 Å². The molecule has 24 heavy (non-hydrogen) atoms. The second-order valence-electron chi connectivity index (χ2n) is 6.47. The first kappa shape index (κ1) is 14.9. The molecule has 0 radical (unpaired) electrons. The highest BCUT2D eigenvalue weighted by atomic mass is 16.2. The monoisotopic (exact) mass is 328 g/mol. The summed E-state index contributed by atoms with van der Waals surface area (Å²) in [5.74, 6) is 0.445. The Hall–Kier alpha value is -2.64. The number of rotatable bonds is 5. The summed E-state index contributed by atoms with van der Waals surface area (Å²) in [6.45, 7) is 1.10. The third-order valence-electron chi connectivity index (χ3n) is 4.60. The average Bonchev–Trinajstić information content (AvgIpc) is 3.14. The van der Waals surface area contributed by atoms with Gasteiger partial charge < -0.3 is 4.90 Å². The van der Waals surface area contributed by atoms with E-state index in [9.17, 15) is 9.59 Å². The van der Waals surface area contributed by atoms with Crippen molar-refractivity contribution in [2.75, 3.05) is 6.54 Å². The van der Waals surface area contributed by atoms with E-state index in [0.717, 1.165) is 11.4 Å². The fourth-order valence-electron chi connectivity index (χ4n) is 3.16. The van der Waals surface area contributed by atoms with Crippen molar-refractivity contribution in [1.82, 2.24) is 29.8 Å². The number of urea groups is 1. The fraction of sp³-hybridized carbons (Fsp3) is 0.500. The molecule has 1 saturated carbocycles. The second kappa shape index (κ2) is 5.77. The molecule has 2 aromatic heterocycles. The van der Waals surface area contributed by atoms with Gasteiger partial charge in [-0.2, -0.15) is 10.2 Å². The van der Waals surface area contributed by atoms with Crippen molar-refractivity contribution in [3.63, 3.8) is 0 Å². The predicted octanol–water partition coefficient (Wildman–Crippen LogP) is 1.38. The number of carbonyl (C=O) groups is 2. The molecule has 1 aliphatic heterocycles. The molecular formula is C16H20N6O2. The number of aromatic nitrogens is 4. The highest BCUT2D eigenvalue weighted by Gasteiger charge is 2.33. The molecule has 1 saturated heterocycles. The van der Waals surface area contributed by atoms with E-state index in [1.54, 1.807) is 11.1 Å². The van der Waals surface area contributed by atoms with Gasteiger partial charge in [0, 0.05) is 37.8 Å². The van der Waals surface area contributed by atoms with Gasteiger partial charge in [0.15, 0.2) is 0 Å². The molecule has 0 aromatic carbocycles. The van der Waals surface area contributed by atoms with Crippen molar-refractivity contribution in [3.05, 3.63) is 35.4 Å². The molecular weight excluding hydrogens is 308 g/mol. The van der Waals surface area contributed by atoms with E-state index in [0.29, 0.717) is 25.4 Å². The number of aromatic amines is 1. The Bertz CT molecular complexity index is 762. The zero-order valence-electron chi connectivity index (χ0n) is 13.6. The van der Waals surface area contributed by atoms with Gasteiger partial charge in [0.05, 0.1) is 24.5 Å². The fourth-order valence-corrected chi connectivity index (χ4v) is 3.16. The summed E-state index contributed by atoms with van der Waals surface area (Å²) in [5.41, 5.74) is 2.81. The van der Waals surface area contributed by atoms with Crippen LogP contribution in [0.5, 0.6) is 0 Å². The number of imide groups is 1. The summed E-state index contributed by atoms with van der Waals surface area (Å²) in [4.78, 5) is 27.9. The number of nitrogens with zero attached hydrogens (tertiary/aromatic N) is 5. The van der Waals surface area contributed by atoms with E-state index in [2.05, 4.69) is 15.3 Å². The maximum Gasteiger partial charge on any atom is 0.327 e. The number of hydrogen-bond donors (Lipinski definition) is 1. The molecule has 0 bridgehead atoms. The predicted molar refractivity (Wildman–Crippen MR) is 84.7 cm³/mol. The average molecular weight is 328 g/mol. The largest absolute Gasteiger partial charge is 0.327 e. The number of hydrogen-bond acceptors (Lipinski definition) is 4. The van der Waals surface area contributed by atoms with Crippen LogP contribution in [0.25, 0.3) is 0 Å². The quantitative estimate of drug-likeness (QED) is 0.898. The van der Waals surface area contributed by atoms with Gasteiger partial charge in [-0.3, -0.25) is 19.5 Å². The van der Waals surface area contributed by atoms with E-state index in [1.807, 2.05) is 23.9 Å². The summed E-state index contributed by atoms with van der Waals surface area (Å²) in [6, 6.07) is 3.58. The van der Waals surface area contributed by atoms with Crippen molar-refractivity contribution < 1.29 is 9.59 Å². The maximum absolute atomic E-state index is 12.7. The minimum atomic E-state index is -0.264. The summed E-state index contributed by atoms with van der Waals surface area (Å²) in [7, 11) is 1.92. The normalized spacial score (nSPS) is 18.5. The summed E-state index contributed by atoms with van der Waals surface area (Å²) in [5, 5.41) is 11.2.